The van der Waals surface area contributed by atoms with Crippen LogP contribution in [0.15, 0.2) is 12.1 Å². The molecule has 0 fully saturated rings. The molecule has 0 radical (unpaired) electrons. The maximum Gasteiger partial charge on any atom is 0.179 e. The molecule has 0 saturated heterocycles. The molecule has 2 N–H and O–H groups in total. The fraction of sp³-hybridized carbons (Fsp3) is 0.600. The van der Waals surface area contributed by atoms with Crippen molar-refractivity contribution in [1.29, 1.82) is 0 Å². The van der Waals surface area contributed by atoms with Gasteiger partial charge in [0, 0.05) is 6.04 Å². The number of rotatable bonds is 8. The summed E-state index contributed by atoms with van der Waals surface area (Å²) in [6, 6.07) is 3.95. The van der Waals surface area contributed by atoms with E-state index in [1.54, 1.807) is 7.11 Å². The van der Waals surface area contributed by atoms with Crippen LogP contribution in [0.4, 0.5) is 0 Å². The molecule has 19 heavy (non-hydrogen) atoms. The number of ether oxygens (including phenoxy) is 2. The molecule has 1 unspecified atom stereocenters. The van der Waals surface area contributed by atoms with E-state index in [0.717, 1.165) is 24.8 Å². The van der Waals surface area contributed by atoms with Gasteiger partial charge in [-0.3, -0.25) is 0 Å². The van der Waals surface area contributed by atoms with E-state index < -0.39 is 0 Å². The summed E-state index contributed by atoms with van der Waals surface area (Å²) in [5.74, 6) is 1.31. The lowest BCUT2D eigenvalue weighted by atomic mass is 10.1. The van der Waals surface area contributed by atoms with Crippen molar-refractivity contribution in [2.24, 2.45) is 5.73 Å². The summed E-state index contributed by atoms with van der Waals surface area (Å²) in [5, 5.41) is 0.589. The Morgan fingerprint density at radius 1 is 1.32 bits per heavy atom. The molecular weight excluding hydrogens is 262 g/mol. The number of hydrogen-bond acceptors (Lipinski definition) is 3. The molecule has 0 aromatic heterocycles. The summed E-state index contributed by atoms with van der Waals surface area (Å²) in [6.45, 7) is 4.79. The Kier molecular flexibility index (Phi) is 7.03. The van der Waals surface area contributed by atoms with E-state index in [-0.39, 0.29) is 6.04 Å². The molecule has 1 aromatic rings. The van der Waals surface area contributed by atoms with Gasteiger partial charge in [-0.1, -0.05) is 31.4 Å². The van der Waals surface area contributed by atoms with Crippen LogP contribution in [0.1, 0.15) is 38.7 Å². The van der Waals surface area contributed by atoms with Crippen LogP contribution in [-0.4, -0.2) is 19.8 Å². The van der Waals surface area contributed by atoms with Crippen molar-refractivity contribution >= 4 is 11.6 Å². The van der Waals surface area contributed by atoms with Crippen LogP contribution in [0.25, 0.3) is 0 Å². The Hall–Kier alpha value is -0.930. The van der Waals surface area contributed by atoms with E-state index in [9.17, 15) is 0 Å². The fourth-order valence-corrected chi connectivity index (χ4v) is 2.22. The van der Waals surface area contributed by atoms with Crippen LogP contribution in [-0.2, 0) is 6.42 Å². The lowest BCUT2D eigenvalue weighted by molar-refractivity contribution is 0.286. The van der Waals surface area contributed by atoms with Crippen molar-refractivity contribution in [3.05, 3.63) is 22.7 Å². The van der Waals surface area contributed by atoms with Crippen LogP contribution in [0.2, 0.25) is 5.02 Å². The molecule has 0 bridgehead atoms. The molecule has 0 heterocycles. The van der Waals surface area contributed by atoms with Crippen LogP contribution in [0.3, 0.4) is 0 Å². The number of benzene rings is 1. The first-order valence-electron chi connectivity index (χ1n) is 6.83. The SMILES string of the molecule is CCCCCOc1c(Cl)cc(CC(C)N)cc1OC. The first kappa shape index (κ1) is 16.1. The summed E-state index contributed by atoms with van der Waals surface area (Å²) in [4.78, 5) is 0. The van der Waals surface area contributed by atoms with E-state index in [1.165, 1.54) is 6.42 Å². The van der Waals surface area contributed by atoms with Gasteiger partial charge in [0.05, 0.1) is 18.7 Å². The molecule has 4 heteroatoms. The second kappa shape index (κ2) is 8.28. The van der Waals surface area contributed by atoms with E-state index in [1.807, 2.05) is 19.1 Å². The Balaban J connectivity index is 2.79. The maximum absolute atomic E-state index is 6.26. The summed E-state index contributed by atoms with van der Waals surface area (Å²) in [7, 11) is 1.63. The predicted molar refractivity (Wildman–Crippen MR) is 80.4 cm³/mol. The normalized spacial score (nSPS) is 12.3. The summed E-state index contributed by atoms with van der Waals surface area (Å²) >= 11 is 6.26. The van der Waals surface area contributed by atoms with Crippen LogP contribution < -0.4 is 15.2 Å². The van der Waals surface area contributed by atoms with Gasteiger partial charge in [0.2, 0.25) is 0 Å². The van der Waals surface area contributed by atoms with E-state index in [2.05, 4.69) is 6.92 Å². The highest BCUT2D eigenvalue weighted by Crippen LogP contribution is 2.36. The van der Waals surface area contributed by atoms with Crippen LogP contribution in [0, 0.1) is 0 Å². The zero-order valence-electron chi connectivity index (χ0n) is 12.0. The minimum absolute atomic E-state index is 0.0945. The lowest BCUT2D eigenvalue weighted by Gasteiger charge is -2.15. The first-order valence-corrected chi connectivity index (χ1v) is 7.21. The number of nitrogens with two attached hydrogens (primary N) is 1. The highest BCUT2D eigenvalue weighted by atomic mass is 35.5. The quantitative estimate of drug-likeness (QED) is 0.739. The summed E-state index contributed by atoms with van der Waals surface area (Å²) in [5.41, 5.74) is 6.87. The van der Waals surface area contributed by atoms with Gasteiger partial charge in [0.15, 0.2) is 11.5 Å². The second-order valence-electron chi connectivity index (χ2n) is 4.85. The number of halogens is 1. The Bertz CT molecular complexity index is 394. The third-order valence-corrected chi connectivity index (χ3v) is 3.12. The van der Waals surface area contributed by atoms with E-state index >= 15 is 0 Å². The molecule has 0 saturated carbocycles. The van der Waals surface area contributed by atoms with Crippen LogP contribution >= 0.6 is 11.6 Å². The molecule has 0 aliphatic rings. The maximum atomic E-state index is 6.26. The molecule has 1 aromatic carbocycles. The van der Waals surface area contributed by atoms with Crippen LogP contribution in [0.5, 0.6) is 11.5 Å². The van der Waals surface area contributed by atoms with Gasteiger partial charge in [-0.2, -0.15) is 0 Å². The van der Waals surface area contributed by atoms with Crippen molar-refractivity contribution in [2.45, 2.75) is 45.6 Å². The predicted octanol–water partition coefficient (Wildman–Crippen LogP) is 3.81. The minimum Gasteiger partial charge on any atom is -0.493 e. The Morgan fingerprint density at radius 2 is 2.05 bits per heavy atom. The second-order valence-corrected chi connectivity index (χ2v) is 5.25. The first-order chi connectivity index (χ1) is 9.08. The van der Waals surface area contributed by atoms with Crippen molar-refractivity contribution in [3.63, 3.8) is 0 Å². The van der Waals surface area contributed by atoms with E-state index in [0.29, 0.717) is 23.1 Å². The monoisotopic (exact) mass is 285 g/mol. The molecule has 1 atom stereocenters. The summed E-state index contributed by atoms with van der Waals surface area (Å²) in [6.07, 6.45) is 4.12. The Morgan fingerprint density at radius 3 is 2.63 bits per heavy atom. The van der Waals surface area contributed by atoms with Gasteiger partial charge in [0.1, 0.15) is 0 Å². The molecule has 0 aliphatic heterocycles. The molecule has 108 valence electrons. The topological polar surface area (TPSA) is 44.5 Å². The molecule has 0 spiro atoms. The van der Waals surface area contributed by atoms with Gasteiger partial charge in [0.25, 0.3) is 0 Å². The highest BCUT2D eigenvalue weighted by molar-refractivity contribution is 6.32. The zero-order chi connectivity index (χ0) is 14.3. The molecule has 0 amide bonds. The highest BCUT2D eigenvalue weighted by Gasteiger charge is 2.12. The third kappa shape index (κ3) is 5.29. The molecule has 0 aliphatic carbocycles. The van der Waals surface area contributed by atoms with Crippen molar-refractivity contribution in [3.8, 4) is 11.5 Å². The zero-order valence-corrected chi connectivity index (χ0v) is 12.8. The van der Waals surface area contributed by atoms with Gasteiger partial charge >= 0.3 is 0 Å². The number of hydrogen-bond donors (Lipinski definition) is 1. The van der Waals surface area contributed by atoms with E-state index in [4.69, 9.17) is 26.8 Å². The molecule has 1 rings (SSSR count). The lowest BCUT2D eigenvalue weighted by Crippen LogP contribution is -2.17. The largest absolute Gasteiger partial charge is 0.493 e. The van der Waals surface area contributed by atoms with Gasteiger partial charge in [-0.05, 0) is 37.5 Å². The molecular formula is C15H24ClNO2. The van der Waals surface area contributed by atoms with Gasteiger partial charge < -0.3 is 15.2 Å². The van der Waals surface area contributed by atoms with Crippen molar-refractivity contribution < 1.29 is 9.47 Å². The number of unbranched alkanes of at least 4 members (excludes halogenated alkanes) is 2. The standard InChI is InChI=1S/C15H24ClNO2/c1-4-5-6-7-19-15-13(16)9-12(8-11(2)17)10-14(15)18-3/h9-11H,4-8,17H2,1-3H3. The average molecular weight is 286 g/mol. The number of methoxy groups -OCH3 is 1. The van der Waals surface area contributed by atoms with Crippen molar-refractivity contribution in [2.75, 3.05) is 13.7 Å². The smallest absolute Gasteiger partial charge is 0.179 e. The fourth-order valence-electron chi connectivity index (χ4n) is 1.93. The average Bonchev–Trinajstić information content (AvgIpc) is 2.35. The third-order valence-electron chi connectivity index (χ3n) is 2.84. The van der Waals surface area contributed by atoms with Crippen molar-refractivity contribution in [1.82, 2.24) is 0 Å². The van der Waals surface area contributed by atoms with Gasteiger partial charge in [-0.15, -0.1) is 0 Å². The minimum atomic E-state index is 0.0945. The summed E-state index contributed by atoms with van der Waals surface area (Å²) < 4.78 is 11.1. The molecule has 3 nitrogen and oxygen atoms in total. The Labute approximate surface area is 121 Å². The van der Waals surface area contributed by atoms with Gasteiger partial charge in [-0.25, -0.2) is 0 Å².